The third-order valence-electron chi connectivity index (χ3n) is 4.60. The van der Waals surface area contributed by atoms with Gasteiger partial charge >= 0.3 is 0 Å². The summed E-state index contributed by atoms with van der Waals surface area (Å²) in [6.45, 7) is 7.95. The molecule has 0 radical (unpaired) electrons. The lowest BCUT2D eigenvalue weighted by Gasteiger charge is -2.20. The summed E-state index contributed by atoms with van der Waals surface area (Å²) in [7, 11) is 0. The third-order valence-corrected chi connectivity index (χ3v) is 6.88. The van der Waals surface area contributed by atoms with E-state index in [1.54, 1.807) is 30.0 Å². The normalized spacial score (nSPS) is 22.4. The molecule has 0 spiro atoms. The Morgan fingerprint density at radius 2 is 2.25 bits per heavy atom. The summed E-state index contributed by atoms with van der Waals surface area (Å²) in [6, 6.07) is 0.785. The second-order valence-electron chi connectivity index (χ2n) is 6.67. The zero-order chi connectivity index (χ0) is 16.8. The van der Waals surface area contributed by atoms with Gasteiger partial charge in [-0.2, -0.15) is 0 Å². The molecule has 0 saturated carbocycles. The molecule has 24 heavy (non-hydrogen) atoms. The van der Waals surface area contributed by atoms with E-state index in [9.17, 15) is 4.79 Å². The molecule has 4 nitrogen and oxygen atoms in total. The van der Waals surface area contributed by atoms with Crippen molar-refractivity contribution in [3.8, 4) is 0 Å². The van der Waals surface area contributed by atoms with Gasteiger partial charge in [-0.05, 0) is 25.8 Å². The molecule has 4 rings (SSSR count). The highest BCUT2D eigenvalue weighted by Gasteiger charge is 2.34. The molecule has 1 unspecified atom stereocenters. The van der Waals surface area contributed by atoms with Crippen LogP contribution in [0.1, 0.15) is 43.2 Å². The van der Waals surface area contributed by atoms with Gasteiger partial charge in [0.25, 0.3) is 0 Å². The van der Waals surface area contributed by atoms with E-state index in [0.717, 1.165) is 35.1 Å². The summed E-state index contributed by atoms with van der Waals surface area (Å²) in [5, 5.41) is 5.08. The molecule has 0 saturated heterocycles. The van der Waals surface area contributed by atoms with Crippen LogP contribution in [0.2, 0.25) is 0 Å². The number of anilines is 1. The fraction of sp³-hybridized carbons (Fsp3) is 0.444. The molecule has 1 aromatic heterocycles. The molecule has 0 bridgehead atoms. The van der Waals surface area contributed by atoms with Gasteiger partial charge in [0.2, 0.25) is 5.91 Å². The summed E-state index contributed by atoms with van der Waals surface area (Å²) >= 11 is 3.48. The fourth-order valence-electron chi connectivity index (χ4n) is 3.30. The zero-order valence-corrected chi connectivity index (χ0v) is 15.8. The number of carbonyl (C=O) groups excluding carboxylic acids is 1. The van der Waals surface area contributed by atoms with Crippen LogP contribution in [0.25, 0.3) is 0 Å². The van der Waals surface area contributed by atoms with Crippen LogP contribution in [-0.2, 0) is 17.9 Å². The molecule has 1 aromatic rings. The first kappa shape index (κ1) is 16.1. The van der Waals surface area contributed by atoms with Gasteiger partial charge < -0.3 is 5.32 Å². The van der Waals surface area contributed by atoms with Gasteiger partial charge in [-0.15, -0.1) is 11.3 Å². The van der Waals surface area contributed by atoms with Crippen LogP contribution in [0.3, 0.4) is 0 Å². The van der Waals surface area contributed by atoms with E-state index < -0.39 is 0 Å². The van der Waals surface area contributed by atoms with Crippen LogP contribution in [0, 0.1) is 0 Å². The second-order valence-corrected chi connectivity index (χ2v) is 8.84. The predicted molar refractivity (Wildman–Crippen MR) is 103 cm³/mol. The Hall–Kier alpha value is -1.37. The minimum absolute atomic E-state index is 0.0150. The molecular weight excluding hydrogens is 338 g/mol. The minimum Gasteiger partial charge on any atom is -0.317 e. The molecule has 3 heterocycles. The lowest BCUT2D eigenvalue weighted by molar-refractivity contribution is -0.114. The highest BCUT2D eigenvalue weighted by Crippen LogP contribution is 2.46. The lowest BCUT2D eigenvalue weighted by atomic mass is 10.1. The Bertz CT molecular complexity index is 788. The standard InChI is InChI=1S/C18H21N3OS2/c1-10(2)21-8-12-15(9-21)24-17(19-11(3)22)16(12)18-20-13-6-4-5-7-14(13)23-18/h4-5,7,10,13H,6,8-9H2,1-3H3,(H,19,22). The smallest absolute Gasteiger partial charge is 0.221 e. The third kappa shape index (κ3) is 2.76. The summed E-state index contributed by atoms with van der Waals surface area (Å²) < 4.78 is 0. The maximum Gasteiger partial charge on any atom is 0.221 e. The van der Waals surface area contributed by atoms with E-state index in [4.69, 9.17) is 4.99 Å². The number of nitrogens with zero attached hydrogens (tertiary/aromatic N) is 2. The Labute approximate surface area is 150 Å². The van der Waals surface area contributed by atoms with E-state index in [0.29, 0.717) is 6.04 Å². The quantitative estimate of drug-likeness (QED) is 0.882. The van der Waals surface area contributed by atoms with Gasteiger partial charge in [-0.25, -0.2) is 0 Å². The molecule has 126 valence electrons. The number of hydrogen-bond donors (Lipinski definition) is 1. The Morgan fingerprint density at radius 1 is 1.42 bits per heavy atom. The molecule has 1 atom stereocenters. The fourth-order valence-corrected chi connectivity index (χ4v) is 5.81. The molecule has 0 aromatic carbocycles. The van der Waals surface area contributed by atoms with Crippen LogP contribution in [0.15, 0.2) is 28.1 Å². The van der Waals surface area contributed by atoms with Gasteiger partial charge in [-0.1, -0.05) is 30.0 Å². The van der Waals surface area contributed by atoms with Crippen LogP contribution >= 0.6 is 23.1 Å². The summed E-state index contributed by atoms with van der Waals surface area (Å²) in [6.07, 6.45) is 7.43. The molecule has 2 aliphatic heterocycles. The van der Waals surface area contributed by atoms with Crippen LogP contribution in [0.5, 0.6) is 0 Å². The average molecular weight is 360 g/mol. The molecule has 1 aliphatic carbocycles. The lowest BCUT2D eigenvalue weighted by Crippen LogP contribution is -2.25. The monoisotopic (exact) mass is 359 g/mol. The first-order valence-electron chi connectivity index (χ1n) is 8.32. The Morgan fingerprint density at radius 3 is 2.96 bits per heavy atom. The molecular formula is C18H21N3OS2. The van der Waals surface area contributed by atoms with E-state index >= 15 is 0 Å². The number of aliphatic imine (C=N–C) groups is 1. The van der Waals surface area contributed by atoms with Crippen molar-refractivity contribution in [2.75, 3.05) is 5.32 Å². The van der Waals surface area contributed by atoms with Crippen LogP contribution < -0.4 is 5.32 Å². The Balaban J connectivity index is 1.73. The number of thioether (sulfide) groups is 1. The second kappa shape index (κ2) is 6.17. The highest BCUT2D eigenvalue weighted by atomic mass is 32.2. The maximum atomic E-state index is 11.6. The summed E-state index contributed by atoms with van der Waals surface area (Å²) in [4.78, 5) is 21.8. The number of carbonyl (C=O) groups is 1. The van der Waals surface area contributed by atoms with Crippen molar-refractivity contribution in [1.82, 2.24) is 4.90 Å². The topological polar surface area (TPSA) is 44.7 Å². The van der Waals surface area contributed by atoms with Gasteiger partial charge in [0.05, 0.1) is 6.04 Å². The van der Waals surface area contributed by atoms with Gasteiger partial charge in [0.15, 0.2) is 0 Å². The van der Waals surface area contributed by atoms with Crippen molar-refractivity contribution in [1.29, 1.82) is 0 Å². The van der Waals surface area contributed by atoms with Crippen molar-refractivity contribution in [2.45, 2.75) is 52.4 Å². The van der Waals surface area contributed by atoms with Crippen LogP contribution in [-0.4, -0.2) is 27.9 Å². The first-order valence-corrected chi connectivity index (χ1v) is 9.95. The number of allylic oxidation sites excluding steroid dienone is 2. The van der Waals surface area contributed by atoms with E-state index in [2.05, 4.69) is 42.3 Å². The number of amides is 1. The first-order chi connectivity index (χ1) is 11.5. The van der Waals surface area contributed by atoms with Gasteiger partial charge in [-0.3, -0.25) is 14.7 Å². The summed E-state index contributed by atoms with van der Waals surface area (Å²) in [5.74, 6) is -0.0150. The number of fused-ring (bicyclic) bond motifs is 2. The average Bonchev–Trinajstić information content (AvgIpc) is 3.17. The highest BCUT2D eigenvalue weighted by molar-refractivity contribution is 8.18. The van der Waals surface area contributed by atoms with Gasteiger partial charge in [0, 0.05) is 41.4 Å². The maximum absolute atomic E-state index is 11.6. The number of hydrogen-bond acceptors (Lipinski definition) is 5. The number of rotatable bonds is 3. The molecule has 6 heteroatoms. The number of thiophene rings is 1. The van der Waals surface area contributed by atoms with Gasteiger partial charge in [0.1, 0.15) is 10.0 Å². The molecule has 0 fully saturated rings. The predicted octanol–water partition coefficient (Wildman–Crippen LogP) is 4.14. The van der Waals surface area contributed by atoms with Crippen molar-refractivity contribution in [3.63, 3.8) is 0 Å². The van der Waals surface area contributed by atoms with E-state index in [1.807, 2.05) is 0 Å². The largest absolute Gasteiger partial charge is 0.317 e. The van der Waals surface area contributed by atoms with Crippen molar-refractivity contribution in [3.05, 3.63) is 39.1 Å². The van der Waals surface area contributed by atoms with E-state index in [1.165, 1.54) is 15.3 Å². The Kier molecular flexibility index (Phi) is 4.14. The molecule has 1 N–H and O–H groups in total. The molecule has 3 aliphatic rings. The van der Waals surface area contributed by atoms with Crippen LogP contribution in [0.4, 0.5) is 5.00 Å². The van der Waals surface area contributed by atoms with Crippen molar-refractivity contribution < 1.29 is 4.79 Å². The summed E-state index contributed by atoms with van der Waals surface area (Å²) in [5.41, 5.74) is 2.52. The zero-order valence-electron chi connectivity index (χ0n) is 14.1. The SMILES string of the molecule is CC(=O)Nc1sc2c(c1C1=NC3CC=CC=C3S1)CN(C(C)C)C2. The van der Waals surface area contributed by atoms with Crippen molar-refractivity contribution >= 4 is 39.1 Å². The van der Waals surface area contributed by atoms with Crippen molar-refractivity contribution in [2.24, 2.45) is 4.99 Å². The van der Waals surface area contributed by atoms with E-state index in [-0.39, 0.29) is 11.9 Å². The minimum atomic E-state index is -0.0150. The molecule has 1 amide bonds. The number of nitrogens with one attached hydrogen (secondary N) is 1.